The van der Waals surface area contributed by atoms with Crippen LogP contribution < -0.4 is 8.45 Å². The van der Waals surface area contributed by atoms with Crippen molar-refractivity contribution in [2.24, 2.45) is 0 Å². The maximum absolute atomic E-state index is 13.3. The minimum Gasteiger partial charge on any atom is -0.489 e. The van der Waals surface area contributed by atoms with E-state index in [-0.39, 0.29) is 23.7 Å². The molecule has 0 saturated heterocycles. The predicted molar refractivity (Wildman–Crippen MR) is 172 cm³/mol. The van der Waals surface area contributed by atoms with Gasteiger partial charge >= 0.3 is 31.1 Å². The number of hydrogen-bond donors (Lipinski definition) is 0. The molecule has 4 aromatic carbocycles. The number of fused-ring (bicyclic) bond motifs is 1. The molecule has 0 N–H and O–H groups in total. The average molecular weight is 768 g/mol. The zero-order valence-electron chi connectivity index (χ0n) is 25.0. The van der Waals surface area contributed by atoms with E-state index in [1.807, 2.05) is 13.8 Å². The molecule has 0 spiro atoms. The zero-order chi connectivity index (χ0) is 36.1. The van der Waals surface area contributed by atoms with Crippen molar-refractivity contribution < 1.29 is 52.4 Å². The average Bonchev–Trinajstić information content (AvgIpc) is 3.42. The van der Waals surface area contributed by atoms with Gasteiger partial charge in [0, 0.05) is 11.5 Å². The minimum absolute atomic E-state index is 0.0163. The first-order chi connectivity index (χ1) is 22.7. The van der Waals surface area contributed by atoms with Crippen LogP contribution in [0, 0.1) is 0 Å². The molecule has 49 heavy (non-hydrogen) atoms. The van der Waals surface area contributed by atoms with E-state index in [1.165, 1.54) is 18.2 Å². The number of sulfonamides is 2. The second kappa shape index (κ2) is 13.0. The highest BCUT2D eigenvalue weighted by Crippen LogP contribution is 2.41. The van der Waals surface area contributed by atoms with Gasteiger partial charge in [-0.2, -0.15) is 43.2 Å². The van der Waals surface area contributed by atoms with E-state index in [4.69, 9.17) is 32.5 Å². The van der Waals surface area contributed by atoms with Crippen molar-refractivity contribution in [2.45, 2.75) is 37.4 Å². The number of nitrogens with zero attached hydrogens (tertiary/aromatic N) is 2. The van der Waals surface area contributed by atoms with Crippen LogP contribution in [0.15, 0.2) is 83.4 Å². The van der Waals surface area contributed by atoms with Crippen molar-refractivity contribution >= 4 is 59.7 Å². The Morgan fingerprint density at radius 3 is 1.92 bits per heavy atom. The van der Waals surface area contributed by atoms with Crippen molar-refractivity contribution in [3.63, 3.8) is 0 Å². The summed E-state index contributed by atoms with van der Waals surface area (Å²) in [7, 11) is -14.1. The second-order valence-corrected chi connectivity index (χ2v) is 15.4. The van der Waals surface area contributed by atoms with Crippen LogP contribution in [0.3, 0.4) is 0 Å². The number of aromatic nitrogens is 1. The Morgan fingerprint density at radius 2 is 1.33 bits per heavy atom. The van der Waals surface area contributed by atoms with Crippen LogP contribution in [0.2, 0.25) is 10.0 Å². The molecule has 8 nitrogen and oxygen atoms in total. The Hall–Kier alpha value is -3.99. The van der Waals surface area contributed by atoms with E-state index >= 15 is 0 Å². The third-order valence-corrected chi connectivity index (χ3v) is 11.4. The summed E-state index contributed by atoms with van der Waals surface area (Å²) in [6.45, 7) is 3.84. The molecule has 0 amide bonds. The fourth-order valence-electron chi connectivity index (χ4n) is 4.88. The van der Waals surface area contributed by atoms with E-state index in [1.54, 1.807) is 42.5 Å². The molecular formula is C31H22Cl2F6N2O6S2. The Morgan fingerprint density at radius 1 is 0.776 bits per heavy atom. The third kappa shape index (κ3) is 6.91. The monoisotopic (exact) mass is 766 g/mol. The third-order valence-electron chi connectivity index (χ3n) is 7.15. The van der Waals surface area contributed by atoms with Gasteiger partial charge in [0.1, 0.15) is 23.8 Å². The van der Waals surface area contributed by atoms with Gasteiger partial charge in [0.2, 0.25) is 0 Å². The summed E-state index contributed by atoms with van der Waals surface area (Å²) in [4.78, 5) is 0. The molecule has 0 fully saturated rings. The summed E-state index contributed by atoms with van der Waals surface area (Å²) in [5.41, 5.74) is -12.4. The number of hydrogen-bond acceptors (Lipinski definition) is 7. The lowest BCUT2D eigenvalue weighted by molar-refractivity contribution is -0.0462. The van der Waals surface area contributed by atoms with Gasteiger partial charge in [-0.25, -0.2) is 0 Å². The molecule has 260 valence electrons. The zero-order valence-corrected chi connectivity index (χ0v) is 28.1. The van der Waals surface area contributed by atoms with Gasteiger partial charge in [0.25, 0.3) is 0 Å². The quantitative estimate of drug-likeness (QED) is 0.138. The maximum atomic E-state index is 13.3. The molecule has 0 aliphatic rings. The molecule has 1 heterocycles. The first-order valence-electron chi connectivity index (χ1n) is 13.9. The first kappa shape index (κ1) is 36.3. The van der Waals surface area contributed by atoms with Crippen LogP contribution in [-0.4, -0.2) is 33.0 Å². The van der Waals surface area contributed by atoms with E-state index in [0.717, 1.165) is 6.07 Å². The van der Waals surface area contributed by atoms with Crippen molar-refractivity contribution in [3.8, 4) is 28.1 Å². The smallest absolute Gasteiger partial charge is 0.489 e. The van der Waals surface area contributed by atoms with Crippen molar-refractivity contribution in [1.82, 2.24) is 5.16 Å². The van der Waals surface area contributed by atoms with Crippen LogP contribution in [0.4, 0.5) is 32.0 Å². The summed E-state index contributed by atoms with van der Waals surface area (Å²) in [5.74, 6) is 0.909. The Balaban J connectivity index is 1.47. The van der Waals surface area contributed by atoms with Gasteiger partial charge < -0.3 is 9.26 Å². The van der Waals surface area contributed by atoms with Crippen LogP contribution in [0.5, 0.6) is 5.75 Å². The molecular weight excluding hydrogens is 745 g/mol. The number of anilines is 1. The van der Waals surface area contributed by atoms with Gasteiger partial charge in [0.15, 0.2) is 0 Å². The lowest BCUT2D eigenvalue weighted by atomic mass is 10.0. The first-order valence-corrected chi connectivity index (χ1v) is 17.5. The van der Waals surface area contributed by atoms with Crippen molar-refractivity contribution in [2.75, 3.05) is 3.71 Å². The Kier molecular flexibility index (Phi) is 9.66. The Bertz CT molecular complexity index is 2210. The van der Waals surface area contributed by atoms with Crippen LogP contribution in [0.1, 0.15) is 31.1 Å². The number of rotatable bonds is 9. The molecule has 18 heteroatoms. The highest BCUT2D eigenvalue weighted by Gasteiger charge is 2.61. The summed E-state index contributed by atoms with van der Waals surface area (Å²) in [6.07, 6.45) is 0. The highest BCUT2D eigenvalue weighted by molar-refractivity contribution is 8.11. The Labute approximate surface area is 285 Å². The highest BCUT2D eigenvalue weighted by atomic mass is 35.5. The van der Waals surface area contributed by atoms with Crippen LogP contribution in [0.25, 0.3) is 33.2 Å². The maximum Gasteiger partial charge on any atom is 0.517 e. The normalized spacial score (nSPS) is 12.9. The van der Waals surface area contributed by atoms with Crippen molar-refractivity contribution in [1.29, 1.82) is 0 Å². The van der Waals surface area contributed by atoms with Crippen molar-refractivity contribution in [3.05, 3.63) is 100 Å². The lowest BCUT2D eigenvalue weighted by Crippen LogP contribution is -2.49. The SMILES string of the molecule is CC(C)c1onc(-c2c(Cl)cccc2Cl)c1COc1ccc2cc(-c3cccc(N(S(=O)(=O)C(F)(F)F)S(=O)(=O)C(F)(F)F)c3)ccc2c1. The van der Waals surface area contributed by atoms with E-state index < -0.39 is 40.5 Å². The largest absolute Gasteiger partial charge is 0.517 e. The van der Waals surface area contributed by atoms with Gasteiger partial charge in [-0.1, -0.05) is 78.6 Å². The van der Waals surface area contributed by atoms with Gasteiger partial charge in [-0.15, -0.1) is 3.71 Å². The number of benzene rings is 4. The molecule has 1 aromatic heterocycles. The fourth-order valence-corrected chi connectivity index (χ4v) is 8.15. The summed E-state index contributed by atoms with van der Waals surface area (Å²) in [6, 6.07) is 17.8. The molecule has 0 radical (unpaired) electrons. The number of halogens is 8. The van der Waals surface area contributed by atoms with E-state index in [0.29, 0.717) is 61.3 Å². The van der Waals surface area contributed by atoms with E-state index in [2.05, 4.69) is 5.16 Å². The standard InChI is InChI=1S/C31H22Cl2F6N2O6S2/c1-17(2)29-24(28(40-47-29)27-25(32)7-4-8-26(27)33)16-46-23-12-11-20-13-19(9-10-21(20)15-23)18-5-3-6-22(14-18)41(48(42,43)30(34,35)36)49(44,45)31(37,38)39/h3-15,17H,16H2,1-2H3. The molecule has 5 aromatic rings. The van der Waals surface area contributed by atoms with Crippen LogP contribution in [-0.2, 0) is 26.7 Å². The molecule has 0 unspecified atom stereocenters. The summed E-state index contributed by atoms with van der Waals surface area (Å²) in [5, 5.41) is 6.08. The lowest BCUT2D eigenvalue weighted by Gasteiger charge is -2.25. The number of alkyl halides is 6. The molecule has 0 bridgehead atoms. The van der Waals surface area contributed by atoms with Gasteiger partial charge in [-0.3, -0.25) is 0 Å². The van der Waals surface area contributed by atoms with Gasteiger partial charge in [0.05, 0.1) is 21.3 Å². The minimum atomic E-state index is -7.03. The molecule has 0 aliphatic carbocycles. The number of ether oxygens (including phenoxy) is 1. The predicted octanol–water partition coefficient (Wildman–Crippen LogP) is 9.68. The topological polar surface area (TPSA) is 107 Å². The molecule has 0 aliphatic heterocycles. The van der Waals surface area contributed by atoms with Gasteiger partial charge in [-0.05, 0) is 64.4 Å². The fraction of sp³-hybridized carbons (Fsp3) is 0.194. The summed E-state index contributed by atoms with van der Waals surface area (Å²) >= 11 is 12.8. The van der Waals surface area contributed by atoms with E-state index in [9.17, 15) is 43.2 Å². The molecule has 0 atom stereocenters. The second-order valence-electron chi connectivity index (χ2n) is 10.8. The summed E-state index contributed by atoms with van der Waals surface area (Å²) < 4.78 is 138. The van der Waals surface area contributed by atoms with Crippen LogP contribution >= 0.6 is 23.2 Å². The molecule has 0 saturated carbocycles. The molecule has 5 rings (SSSR count).